The van der Waals surface area contributed by atoms with Gasteiger partial charge in [0.25, 0.3) is 5.89 Å². The molecule has 1 unspecified atom stereocenters. The largest absolute Gasteiger partial charge is 0.333 e. The van der Waals surface area contributed by atoms with Gasteiger partial charge in [-0.05, 0) is 59.9 Å². The smallest absolute Gasteiger partial charge is 0.268 e. The summed E-state index contributed by atoms with van der Waals surface area (Å²) in [6, 6.07) is 3.99. The summed E-state index contributed by atoms with van der Waals surface area (Å²) in [6.45, 7) is 2.20. The Morgan fingerprint density at radius 2 is 2.44 bits per heavy atom. The standard InChI is InChI=1S/C12H14BrN3OS/c13-10-4-3-9(18-10)12-15-11(16-17-12)6-8-2-1-5-14-7-8/h3-4,8,14H,1-2,5-7H2. The number of piperidine rings is 1. The zero-order valence-electron chi connectivity index (χ0n) is 9.86. The van der Waals surface area contributed by atoms with E-state index in [1.807, 2.05) is 12.1 Å². The van der Waals surface area contributed by atoms with Gasteiger partial charge in [0.2, 0.25) is 0 Å². The van der Waals surface area contributed by atoms with Crippen LogP contribution in [0.4, 0.5) is 0 Å². The van der Waals surface area contributed by atoms with Gasteiger partial charge in [0, 0.05) is 6.42 Å². The molecule has 0 amide bonds. The molecule has 4 nitrogen and oxygen atoms in total. The Hall–Kier alpha value is -0.720. The first kappa shape index (κ1) is 12.3. The Kier molecular flexibility index (Phi) is 3.77. The molecule has 1 saturated heterocycles. The molecule has 2 aromatic heterocycles. The van der Waals surface area contributed by atoms with E-state index in [4.69, 9.17) is 4.52 Å². The van der Waals surface area contributed by atoms with Crippen molar-refractivity contribution >= 4 is 27.3 Å². The molecule has 1 atom stereocenters. The van der Waals surface area contributed by atoms with Crippen molar-refractivity contribution in [3.63, 3.8) is 0 Å². The SMILES string of the molecule is Brc1ccc(-c2nc(CC3CCCNC3)no2)s1. The molecule has 3 rings (SSSR count). The Balaban J connectivity index is 1.69. The minimum atomic E-state index is 0.629. The normalized spacial score (nSPS) is 20.2. The van der Waals surface area contributed by atoms with Crippen LogP contribution < -0.4 is 5.32 Å². The molecule has 6 heteroatoms. The van der Waals surface area contributed by atoms with E-state index < -0.39 is 0 Å². The first-order valence-electron chi connectivity index (χ1n) is 6.10. The van der Waals surface area contributed by atoms with Crippen molar-refractivity contribution in [2.75, 3.05) is 13.1 Å². The van der Waals surface area contributed by atoms with Gasteiger partial charge in [0.1, 0.15) is 0 Å². The highest BCUT2D eigenvalue weighted by atomic mass is 79.9. The van der Waals surface area contributed by atoms with Crippen molar-refractivity contribution in [3.8, 4) is 10.8 Å². The molecule has 1 fully saturated rings. The third kappa shape index (κ3) is 2.81. The first-order chi connectivity index (χ1) is 8.81. The van der Waals surface area contributed by atoms with Crippen molar-refractivity contribution < 1.29 is 4.52 Å². The molecule has 0 saturated carbocycles. The van der Waals surface area contributed by atoms with Crippen molar-refractivity contribution in [2.24, 2.45) is 5.92 Å². The first-order valence-corrected chi connectivity index (χ1v) is 7.71. The fourth-order valence-electron chi connectivity index (χ4n) is 2.22. The van der Waals surface area contributed by atoms with Crippen LogP contribution in [0.25, 0.3) is 10.8 Å². The van der Waals surface area contributed by atoms with Gasteiger partial charge in [-0.25, -0.2) is 0 Å². The van der Waals surface area contributed by atoms with E-state index in [1.54, 1.807) is 11.3 Å². The number of nitrogens with zero attached hydrogens (tertiary/aromatic N) is 2. The predicted molar refractivity (Wildman–Crippen MR) is 74.6 cm³/mol. The molecule has 0 aromatic carbocycles. The molecule has 0 aliphatic carbocycles. The van der Waals surface area contributed by atoms with E-state index in [0.717, 1.165) is 34.0 Å². The molecule has 1 aliphatic rings. The summed E-state index contributed by atoms with van der Waals surface area (Å²) in [7, 11) is 0. The molecule has 1 aliphatic heterocycles. The minimum absolute atomic E-state index is 0.629. The second-order valence-corrected chi connectivity index (χ2v) is 7.00. The van der Waals surface area contributed by atoms with Crippen LogP contribution in [0, 0.1) is 5.92 Å². The summed E-state index contributed by atoms with van der Waals surface area (Å²) in [5, 5.41) is 7.48. The Morgan fingerprint density at radius 1 is 1.50 bits per heavy atom. The highest BCUT2D eigenvalue weighted by Crippen LogP contribution is 2.30. The van der Waals surface area contributed by atoms with Gasteiger partial charge >= 0.3 is 0 Å². The quantitative estimate of drug-likeness (QED) is 0.941. The summed E-state index contributed by atoms with van der Waals surface area (Å²) >= 11 is 5.04. The van der Waals surface area contributed by atoms with Crippen molar-refractivity contribution in [3.05, 3.63) is 21.7 Å². The molecule has 18 heavy (non-hydrogen) atoms. The maximum Gasteiger partial charge on any atom is 0.268 e. The fourth-order valence-corrected chi connectivity index (χ4v) is 3.53. The summed E-state index contributed by atoms with van der Waals surface area (Å²) < 4.78 is 6.39. The molecule has 0 bridgehead atoms. The van der Waals surface area contributed by atoms with E-state index >= 15 is 0 Å². The number of thiophene rings is 1. The number of hydrogen-bond acceptors (Lipinski definition) is 5. The van der Waals surface area contributed by atoms with Crippen LogP contribution in [0.3, 0.4) is 0 Å². The van der Waals surface area contributed by atoms with Gasteiger partial charge in [-0.3, -0.25) is 0 Å². The van der Waals surface area contributed by atoms with Crippen LogP contribution in [-0.2, 0) is 6.42 Å². The lowest BCUT2D eigenvalue weighted by Gasteiger charge is -2.20. The molecule has 96 valence electrons. The van der Waals surface area contributed by atoms with Crippen LogP contribution in [0.1, 0.15) is 18.7 Å². The van der Waals surface area contributed by atoms with Crippen LogP contribution in [0.15, 0.2) is 20.4 Å². The van der Waals surface area contributed by atoms with Crippen LogP contribution >= 0.6 is 27.3 Å². The Morgan fingerprint density at radius 3 is 3.17 bits per heavy atom. The molecule has 1 N–H and O–H groups in total. The van der Waals surface area contributed by atoms with Crippen LogP contribution in [-0.4, -0.2) is 23.2 Å². The molecular weight excluding hydrogens is 314 g/mol. The molecule has 2 aromatic rings. The highest BCUT2D eigenvalue weighted by molar-refractivity contribution is 9.11. The molecular formula is C12H14BrN3OS. The van der Waals surface area contributed by atoms with Gasteiger partial charge in [-0.2, -0.15) is 4.98 Å². The third-order valence-corrected chi connectivity index (χ3v) is 4.73. The van der Waals surface area contributed by atoms with E-state index in [2.05, 4.69) is 31.4 Å². The minimum Gasteiger partial charge on any atom is -0.333 e. The van der Waals surface area contributed by atoms with Gasteiger partial charge < -0.3 is 9.84 Å². The lowest BCUT2D eigenvalue weighted by Crippen LogP contribution is -2.31. The summed E-state index contributed by atoms with van der Waals surface area (Å²) in [5.41, 5.74) is 0. The average Bonchev–Trinajstić information content (AvgIpc) is 2.99. The maximum absolute atomic E-state index is 5.31. The second kappa shape index (κ2) is 5.50. The van der Waals surface area contributed by atoms with E-state index in [1.165, 1.54) is 12.8 Å². The predicted octanol–water partition coefficient (Wildman–Crippen LogP) is 3.10. The highest BCUT2D eigenvalue weighted by Gasteiger charge is 2.17. The van der Waals surface area contributed by atoms with E-state index in [-0.39, 0.29) is 0 Å². The fraction of sp³-hybridized carbons (Fsp3) is 0.500. The number of nitrogens with one attached hydrogen (secondary N) is 1. The summed E-state index contributed by atoms with van der Waals surface area (Å²) in [4.78, 5) is 5.49. The zero-order valence-corrected chi connectivity index (χ0v) is 12.3. The molecule has 0 spiro atoms. The Labute approximate surface area is 118 Å². The van der Waals surface area contributed by atoms with Crippen LogP contribution in [0.5, 0.6) is 0 Å². The monoisotopic (exact) mass is 327 g/mol. The number of rotatable bonds is 3. The number of aromatic nitrogens is 2. The van der Waals surface area contributed by atoms with Gasteiger partial charge in [0.15, 0.2) is 5.82 Å². The number of hydrogen-bond donors (Lipinski definition) is 1. The Bertz CT molecular complexity index is 519. The molecule has 3 heterocycles. The second-order valence-electron chi connectivity index (χ2n) is 4.54. The lowest BCUT2D eigenvalue weighted by molar-refractivity contribution is 0.360. The van der Waals surface area contributed by atoms with Crippen molar-refractivity contribution in [1.82, 2.24) is 15.5 Å². The van der Waals surface area contributed by atoms with Gasteiger partial charge in [0.05, 0.1) is 8.66 Å². The lowest BCUT2D eigenvalue weighted by atomic mass is 9.96. The third-order valence-electron chi connectivity index (χ3n) is 3.12. The van der Waals surface area contributed by atoms with Crippen LogP contribution in [0.2, 0.25) is 0 Å². The average molecular weight is 328 g/mol. The van der Waals surface area contributed by atoms with Crippen molar-refractivity contribution in [1.29, 1.82) is 0 Å². The van der Waals surface area contributed by atoms with Crippen molar-refractivity contribution in [2.45, 2.75) is 19.3 Å². The van der Waals surface area contributed by atoms with Gasteiger partial charge in [-0.15, -0.1) is 11.3 Å². The zero-order chi connectivity index (χ0) is 12.4. The topological polar surface area (TPSA) is 51.0 Å². The van der Waals surface area contributed by atoms with E-state index in [0.29, 0.717) is 11.8 Å². The summed E-state index contributed by atoms with van der Waals surface area (Å²) in [6.07, 6.45) is 3.40. The number of halogens is 1. The van der Waals surface area contributed by atoms with E-state index in [9.17, 15) is 0 Å². The summed E-state index contributed by atoms with van der Waals surface area (Å²) in [5.74, 6) is 2.09. The van der Waals surface area contributed by atoms with Gasteiger partial charge in [-0.1, -0.05) is 5.16 Å². The maximum atomic E-state index is 5.31. The molecule has 0 radical (unpaired) electrons.